The lowest BCUT2D eigenvalue weighted by molar-refractivity contribution is 0.0303. The molecule has 222 valence electrons. The molecular formula is C30H34N4O7S. The highest BCUT2D eigenvalue weighted by molar-refractivity contribution is 7.92. The van der Waals surface area contributed by atoms with Crippen molar-refractivity contribution in [2.24, 2.45) is 5.92 Å². The summed E-state index contributed by atoms with van der Waals surface area (Å²) in [6.07, 6.45) is 0.954. The fraction of sp³-hybridized carbons (Fsp3) is 0.400. The second-order valence-corrected chi connectivity index (χ2v) is 12.5. The van der Waals surface area contributed by atoms with Crippen molar-refractivity contribution in [2.75, 3.05) is 63.2 Å². The van der Waals surface area contributed by atoms with Gasteiger partial charge in [0.25, 0.3) is 21.5 Å². The Morgan fingerprint density at radius 3 is 2.55 bits per heavy atom. The van der Waals surface area contributed by atoms with Gasteiger partial charge in [-0.2, -0.15) is 0 Å². The largest absolute Gasteiger partial charge is 0.497 e. The van der Waals surface area contributed by atoms with Crippen LogP contribution >= 0.6 is 0 Å². The minimum absolute atomic E-state index is 0.00214. The Kier molecular flexibility index (Phi) is 7.58. The van der Waals surface area contributed by atoms with Gasteiger partial charge in [0.1, 0.15) is 16.4 Å². The van der Waals surface area contributed by atoms with E-state index in [0.717, 1.165) is 12.1 Å². The van der Waals surface area contributed by atoms with Gasteiger partial charge in [-0.1, -0.05) is 6.07 Å². The molecule has 1 aromatic heterocycles. The predicted molar refractivity (Wildman–Crippen MR) is 157 cm³/mol. The lowest BCUT2D eigenvalue weighted by Crippen LogP contribution is -2.47. The number of amides is 1. The highest BCUT2D eigenvalue weighted by Gasteiger charge is 2.36. The molecule has 2 aromatic carbocycles. The van der Waals surface area contributed by atoms with Gasteiger partial charge in [-0.25, -0.2) is 8.42 Å². The number of piperidine rings is 1. The summed E-state index contributed by atoms with van der Waals surface area (Å²) >= 11 is 0. The second-order valence-electron chi connectivity index (χ2n) is 10.9. The molecule has 0 aliphatic carbocycles. The lowest BCUT2D eigenvalue weighted by Gasteiger charge is -2.44. The molecule has 2 bridgehead atoms. The molecule has 0 radical (unpaired) electrons. The molecule has 2 saturated heterocycles. The summed E-state index contributed by atoms with van der Waals surface area (Å²) in [7, 11) is -1.29. The molecule has 0 saturated carbocycles. The molecule has 6 rings (SSSR count). The van der Waals surface area contributed by atoms with Crippen molar-refractivity contribution < 1.29 is 27.4 Å². The van der Waals surface area contributed by atoms with Gasteiger partial charge >= 0.3 is 0 Å². The summed E-state index contributed by atoms with van der Waals surface area (Å²) in [5.41, 5.74) is 2.34. The number of sulfonamides is 1. The minimum atomic E-state index is -4.16. The van der Waals surface area contributed by atoms with Crippen LogP contribution in [0.5, 0.6) is 11.5 Å². The van der Waals surface area contributed by atoms with E-state index in [-0.39, 0.29) is 33.9 Å². The number of carbonyl (C=O) groups excluding carboxylic acids is 1. The number of pyridine rings is 1. The number of anilines is 2. The molecule has 12 heteroatoms. The van der Waals surface area contributed by atoms with Gasteiger partial charge in [0, 0.05) is 62.0 Å². The van der Waals surface area contributed by atoms with Crippen LogP contribution in [0.4, 0.5) is 11.4 Å². The fourth-order valence-electron chi connectivity index (χ4n) is 6.26. The van der Waals surface area contributed by atoms with E-state index in [9.17, 15) is 18.0 Å². The van der Waals surface area contributed by atoms with Crippen LogP contribution in [-0.2, 0) is 21.3 Å². The van der Waals surface area contributed by atoms with Crippen LogP contribution in [0.25, 0.3) is 0 Å². The van der Waals surface area contributed by atoms with Gasteiger partial charge < -0.3 is 28.6 Å². The summed E-state index contributed by atoms with van der Waals surface area (Å²) in [4.78, 5) is 29.7. The number of nitrogens with one attached hydrogen (secondary N) is 1. The molecule has 1 amide bonds. The van der Waals surface area contributed by atoms with Crippen molar-refractivity contribution >= 4 is 27.3 Å². The van der Waals surface area contributed by atoms with Gasteiger partial charge in [0.15, 0.2) is 0 Å². The number of fused-ring (bicyclic) bond motifs is 4. The van der Waals surface area contributed by atoms with Crippen molar-refractivity contribution in [1.29, 1.82) is 0 Å². The first kappa shape index (κ1) is 28.1. The molecule has 2 atom stereocenters. The monoisotopic (exact) mass is 594 g/mol. The summed E-state index contributed by atoms with van der Waals surface area (Å²) in [5, 5.41) is 0. The number of nitrogens with zero attached hydrogens (tertiary/aromatic N) is 3. The smallest absolute Gasteiger partial charge is 0.265 e. The molecule has 3 aliphatic rings. The average Bonchev–Trinajstić information content (AvgIpc) is 3.01. The Morgan fingerprint density at radius 1 is 0.976 bits per heavy atom. The number of carbonyl (C=O) groups is 1. The molecule has 4 heterocycles. The maximum Gasteiger partial charge on any atom is 0.265 e. The zero-order valence-electron chi connectivity index (χ0n) is 23.6. The van der Waals surface area contributed by atoms with Gasteiger partial charge in [0.05, 0.1) is 38.8 Å². The minimum Gasteiger partial charge on any atom is -0.497 e. The maximum atomic E-state index is 13.8. The van der Waals surface area contributed by atoms with Crippen molar-refractivity contribution in [2.45, 2.75) is 23.8 Å². The quantitative estimate of drug-likeness (QED) is 0.444. The van der Waals surface area contributed by atoms with Crippen molar-refractivity contribution in [1.82, 2.24) is 9.47 Å². The number of morpholine rings is 1. The van der Waals surface area contributed by atoms with E-state index in [1.807, 2.05) is 16.7 Å². The van der Waals surface area contributed by atoms with Crippen LogP contribution in [0.15, 0.2) is 64.3 Å². The number of ether oxygens (including phenoxy) is 3. The van der Waals surface area contributed by atoms with Crippen LogP contribution in [0, 0.1) is 5.92 Å². The van der Waals surface area contributed by atoms with E-state index in [1.165, 1.54) is 26.4 Å². The lowest BCUT2D eigenvalue weighted by atomic mass is 9.83. The normalized spacial score (nSPS) is 20.0. The first-order valence-corrected chi connectivity index (χ1v) is 15.5. The van der Waals surface area contributed by atoms with Gasteiger partial charge in [-0.3, -0.25) is 14.3 Å². The Morgan fingerprint density at radius 2 is 1.79 bits per heavy atom. The summed E-state index contributed by atoms with van der Waals surface area (Å²) in [5.74, 6) is 0.677. The van der Waals surface area contributed by atoms with E-state index in [0.29, 0.717) is 68.6 Å². The number of benzene rings is 2. The van der Waals surface area contributed by atoms with Crippen LogP contribution in [-0.4, -0.2) is 77.4 Å². The molecule has 1 N–H and O–H groups in total. The molecule has 0 spiro atoms. The summed E-state index contributed by atoms with van der Waals surface area (Å²) < 4.78 is 48.4. The molecular weight excluding hydrogens is 560 g/mol. The van der Waals surface area contributed by atoms with Gasteiger partial charge in [-0.15, -0.1) is 0 Å². The zero-order chi connectivity index (χ0) is 29.4. The van der Waals surface area contributed by atoms with Crippen LogP contribution in [0.1, 0.15) is 28.4 Å². The Bertz CT molecular complexity index is 1670. The SMILES string of the molecule is COc1ccc(OC)c(S(=O)(=O)Nc2cc(C(=O)N3CCOCC3)ccc2N2CC3CC(C2)c2cccc(=O)n2C3)c1. The van der Waals surface area contributed by atoms with Crippen LogP contribution in [0.2, 0.25) is 0 Å². The Labute approximate surface area is 244 Å². The number of rotatable bonds is 7. The summed E-state index contributed by atoms with van der Waals surface area (Å²) in [6.45, 7) is 3.71. The topological polar surface area (TPSA) is 119 Å². The predicted octanol–water partition coefficient (Wildman–Crippen LogP) is 2.76. The van der Waals surface area contributed by atoms with E-state index in [4.69, 9.17) is 14.2 Å². The second kappa shape index (κ2) is 11.3. The molecule has 11 nitrogen and oxygen atoms in total. The van der Waals surface area contributed by atoms with Crippen molar-refractivity contribution in [3.63, 3.8) is 0 Å². The maximum absolute atomic E-state index is 13.8. The molecule has 2 unspecified atom stereocenters. The highest BCUT2D eigenvalue weighted by atomic mass is 32.2. The zero-order valence-corrected chi connectivity index (χ0v) is 24.4. The number of hydrogen-bond acceptors (Lipinski definition) is 8. The first-order chi connectivity index (χ1) is 20.3. The third-order valence-corrected chi connectivity index (χ3v) is 9.65. The number of methoxy groups -OCH3 is 2. The third kappa shape index (κ3) is 5.32. The Hall–Kier alpha value is -4.03. The fourth-order valence-corrected chi connectivity index (χ4v) is 7.51. The molecule has 42 heavy (non-hydrogen) atoms. The van der Waals surface area contributed by atoms with E-state index in [1.54, 1.807) is 35.2 Å². The summed E-state index contributed by atoms with van der Waals surface area (Å²) in [6, 6.07) is 15.1. The first-order valence-electron chi connectivity index (χ1n) is 14.0. The number of aromatic nitrogens is 1. The van der Waals surface area contributed by atoms with E-state index >= 15 is 0 Å². The van der Waals surface area contributed by atoms with E-state index in [2.05, 4.69) is 9.62 Å². The third-order valence-electron chi connectivity index (χ3n) is 8.27. The van der Waals surface area contributed by atoms with Crippen LogP contribution < -0.4 is 24.7 Å². The Balaban J connectivity index is 1.39. The molecule has 2 fully saturated rings. The average molecular weight is 595 g/mol. The molecule has 3 aromatic rings. The highest BCUT2D eigenvalue weighted by Crippen LogP contribution is 2.40. The number of hydrogen-bond donors (Lipinski definition) is 1. The van der Waals surface area contributed by atoms with E-state index < -0.39 is 10.0 Å². The standard InChI is InChI=1S/C30H34N4O7S/c1-39-23-7-9-27(40-2)28(16-23)42(37,38)31-24-15-21(30(36)32-10-12-41-13-11-32)6-8-26(24)33-17-20-14-22(19-33)25-4-3-5-29(35)34(25)18-20/h3-9,15-16,20,22,31H,10-14,17-19H2,1-2H3. The molecule has 3 aliphatic heterocycles. The van der Waals surface area contributed by atoms with Crippen molar-refractivity contribution in [3.8, 4) is 11.5 Å². The van der Waals surface area contributed by atoms with Crippen LogP contribution in [0.3, 0.4) is 0 Å². The van der Waals surface area contributed by atoms with Gasteiger partial charge in [-0.05, 0) is 48.7 Å². The van der Waals surface area contributed by atoms with Crippen molar-refractivity contribution in [3.05, 3.63) is 76.2 Å². The van der Waals surface area contributed by atoms with Gasteiger partial charge in [0.2, 0.25) is 0 Å².